The van der Waals surface area contributed by atoms with Crippen molar-refractivity contribution in [2.45, 2.75) is 90.4 Å². The van der Waals surface area contributed by atoms with Crippen molar-refractivity contribution in [3.63, 3.8) is 0 Å². The monoisotopic (exact) mass is 520 g/mol. The fourth-order valence-corrected chi connectivity index (χ4v) is 6.58. The van der Waals surface area contributed by atoms with Gasteiger partial charge in [0.1, 0.15) is 11.5 Å². The highest BCUT2D eigenvalue weighted by molar-refractivity contribution is 5.96. The maximum absolute atomic E-state index is 12.4. The maximum Gasteiger partial charge on any atom is 0.159 e. The summed E-state index contributed by atoms with van der Waals surface area (Å²) in [6, 6.07) is 25.6. The number of aryl methyl sites for hydroxylation is 2. The van der Waals surface area contributed by atoms with Gasteiger partial charge in [-0.1, -0.05) is 119 Å². The molecule has 2 unspecified atom stereocenters. The van der Waals surface area contributed by atoms with Gasteiger partial charge in [-0.25, -0.2) is 0 Å². The Labute approximate surface area is 235 Å². The third kappa shape index (κ3) is 7.72. The Kier molecular flexibility index (Phi) is 9.70. The number of allylic oxidation sites excluding steroid dienone is 1. The largest absolute Gasteiger partial charge is 0.457 e. The van der Waals surface area contributed by atoms with Gasteiger partial charge in [-0.3, -0.25) is 4.79 Å². The van der Waals surface area contributed by atoms with Gasteiger partial charge in [0.2, 0.25) is 0 Å². The van der Waals surface area contributed by atoms with Gasteiger partial charge in [-0.15, -0.1) is 0 Å². The number of ether oxygens (including phenoxy) is 1. The van der Waals surface area contributed by atoms with Gasteiger partial charge in [0.15, 0.2) is 5.78 Å². The van der Waals surface area contributed by atoms with Crippen molar-refractivity contribution in [2.24, 2.45) is 11.8 Å². The molecule has 3 aromatic rings. The second-order valence-electron chi connectivity index (χ2n) is 11.7. The summed E-state index contributed by atoms with van der Waals surface area (Å²) in [7, 11) is 0. The minimum Gasteiger partial charge on any atom is -0.457 e. The molecule has 0 bridgehead atoms. The van der Waals surface area contributed by atoms with Crippen molar-refractivity contribution in [2.75, 3.05) is 0 Å². The van der Waals surface area contributed by atoms with Gasteiger partial charge in [-0.2, -0.15) is 0 Å². The lowest BCUT2D eigenvalue weighted by Gasteiger charge is -2.17. The zero-order chi connectivity index (χ0) is 26.9. The molecule has 2 aliphatic carbocycles. The van der Waals surface area contributed by atoms with Crippen LogP contribution in [0.15, 0.2) is 78.9 Å². The number of carbonyl (C=O) groups excluding carboxylic acids is 1. The van der Waals surface area contributed by atoms with Gasteiger partial charge >= 0.3 is 0 Å². The Morgan fingerprint density at radius 1 is 0.769 bits per heavy atom. The Morgan fingerprint density at radius 2 is 1.56 bits per heavy atom. The number of hydrogen-bond donors (Lipinski definition) is 0. The molecule has 2 aliphatic rings. The van der Waals surface area contributed by atoms with Crippen LogP contribution in [0, 0.1) is 11.8 Å². The highest BCUT2D eigenvalue weighted by Gasteiger charge is 2.18. The van der Waals surface area contributed by atoms with E-state index in [4.69, 9.17) is 4.74 Å². The number of carbonyl (C=O) groups is 1. The molecule has 2 heteroatoms. The molecule has 0 amide bonds. The van der Waals surface area contributed by atoms with Crippen LogP contribution in [0.25, 0.3) is 16.9 Å². The molecule has 39 heavy (non-hydrogen) atoms. The number of benzene rings is 3. The molecule has 0 heterocycles. The topological polar surface area (TPSA) is 26.3 Å². The lowest BCUT2D eigenvalue weighted by molar-refractivity contribution is -0.114. The minimum absolute atomic E-state index is 0.131. The molecule has 0 saturated heterocycles. The van der Waals surface area contributed by atoms with E-state index < -0.39 is 0 Å². The van der Waals surface area contributed by atoms with E-state index in [9.17, 15) is 4.79 Å². The number of rotatable bonds is 9. The molecule has 2 atom stereocenters. The molecule has 5 rings (SSSR count). The van der Waals surface area contributed by atoms with E-state index in [1.165, 1.54) is 80.9 Å². The summed E-state index contributed by atoms with van der Waals surface area (Å²) in [4.78, 5) is 12.4. The van der Waals surface area contributed by atoms with Crippen LogP contribution < -0.4 is 4.74 Å². The van der Waals surface area contributed by atoms with E-state index in [1.54, 1.807) is 6.08 Å². The average molecular weight is 521 g/mol. The van der Waals surface area contributed by atoms with Crippen molar-refractivity contribution in [1.29, 1.82) is 0 Å². The normalized spacial score (nSPS) is 19.8. The molecule has 1 fully saturated rings. The fraction of sp³-hybridized carbons (Fsp3) is 0.432. The third-order valence-corrected chi connectivity index (χ3v) is 8.78. The summed E-state index contributed by atoms with van der Waals surface area (Å²) in [5.41, 5.74) is 6.01. The van der Waals surface area contributed by atoms with Gasteiger partial charge in [0.05, 0.1) is 0 Å². The molecular weight excluding hydrogens is 476 g/mol. The summed E-state index contributed by atoms with van der Waals surface area (Å²) < 4.78 is 6.35. The van der Waals surface area contributed by atoms with Crippen LogP contribution in [0.5, 0.6) is 5.75 Å². The summed E-state index contributed by atoms with van der Waals surface area (Å²) in [6.07, 6.45) is 17.9. The molecule has 0 aromatic heterocycles. The van der Waals surface area contributed by atoms with Crippen LogP contribution in [0.1, 0.15) is 94.2 Å². The highest BCUT2D eigenvalue weighted by Crippen LogP contribution is 2.33. The van der Waals surface area contributed by atoms with E-state index in [1.807, 2.05) is 18.2 Å². The number of fused-ring (bicyclic) bond motifs is 1. The molecule has 2 nitrogen and oxygen atoms in total. The Morgan fingerprint density at radius 3 is 2.38 bits per heavy atom. The van der Waals surface area contributed by atoms with Crippen LogP contribution >= 0.6 is 0 Å². The second-order valence-corrected chi connectivity index (χ2v) is 11.7. The first kappa shape index (κ1) is 27.4. The van der Waals surface area contributed by atoms with E-state index in [0.29, 0.717) is 12.2 Å². The molecule has 1 saturated carbocycles. The second kappa shape index (κ2) is 13.8. The van der Waals surface area contributed by atoms with Crippen molar-refractivity contribution in [1.82, 2.24) is 0 Å². The molecule has 0 spiro atoms. The summed E-state index contributed by atoms with van der Waals surface area (Å²) in [5.74, 6) is 3.46. The van der Waals surface area contributed by atoms with E-state index in [2.05, 4.69) is 61.5 Å². The summed E-state index contributed by atoms with van der Waals surface area (Å²) in [6.45, 7) is 2.33. The first-order chi connectivity index (χ1) is 19.2. The molecule has 204 valence electrons. The minimum atomic E-state index is 0.131. The maximum atomic E-state index is 12.4. The standard InChI is InChI=1S/C37H44O2/c1-2-9-28-10-5-11-29(21-20-28)12-6-13-30-22-24-31(25-23-30)33-16-8-18-35(26-33)39-37-27-34(38)17-7-15-32-14-3-4-19-36(32)37/h3-4,8,14,16,18-19,22-29H,2,5-7,9-13,15,17,20-21H2,1H3. The van der Waals surface area contributed by atoms with E-state index in [0.717, 1.165) is 41.6 Å². The smallest absolute Gasteiger partial charge is 0.159 e. The molecule has 3 aromatic carbocycles. The Balaban J connectivity index is 1.19. The van der Waals surface area contributed by atoms with Gasteiger partial charge < -0.3 is 4.74 Å². The van der Waals surface area contributed by atoms with Crippen molar-refractivity contribution in [3.05, 3.63) is 95.6 Å². The average Bonchev–Trinajstić information content (AvgIpc) is 3.18. The van der Waals surface area contributed by atoms with Crippen LogP contribution in [0.4, 0.5) is 0 Å². The van der Waals surface area contributed by atoms with Crippen LogP contribution in [-0.4, -0.2) is 5.78 Å². The molecule has 0 aliphatic heterocycles. The van der Waals surface area contributed by atoms with Gasteiger partial charge in [0, 0.05) is 18.1 Å². The summed E-state index contributed by atoms with van der Waals surface area (Å²) >= 11 is 0. The molecular formula is C37H44O2. The van der Waals surface area contributed by atoms with E-state index in [-0.39, 0.29) is 5.78 Å². The quantitative estimate of drug-likeness (QED) is 0.262. The first-order valence-corrected chi connectivity index (χ1v) is 15.4. The SMILES string of the molecule is CCCC1CCCC(CCCc2ccc(-c3cccc(OC4=CC(=O)CCCc5ccccc54)c3)cc2)CC1. The first-order valence-electron chi connectivity index (χ1n) is 15.4. The summed E-state index contributed by atoms with van der Waals surface area (Å²) in [5, 5.41) is 0. The Bertz CT molecular complexity index is 1250. The van der Waals surface area contributed by atoms with Crippen molar-refractivity contribution in [3.8, 4) is 16.9 Å². The predicted molar refractivity (Wildman–Crippen MR) is 163 cm³/mol. The fourth-order valence-electron chi connectivity index (χ4n) is 6.58. The van der Waals surface area contributed by atoms with Crippen LogP contribution in [-0.2, 0) is 17.6 Å². The predicted octanol–water partition coefficient (Wildman–Crippen LogP) is 10.00. The lowest BCUT2D eigenvalue weighted by Crippen LogP contribution is -2.07. The Hall–Kier alpha value is -3.13. The van der Waals surface area contributed by atoms with Crippen LogP contribution in [0.2, 0.25) is 0 Å². The van der Waals surface area contributed by atoms with Crippen LogP contribution in [0.3, 0.4) is 0 Å². The molecule has 0 radical (unpaired) electrons. The van der Waals surface area contributed by atoms with Crippen molar-refractivity contribution < 1.29 is 9.53 Å². The van der Waals surface area contributed by atoms with Gasteiger partial charge in [-0.05, 0) is 71.9 Å². The zero-order valence-corrected chi connectivity index (χ0v) is 23.7. The van der Waals surface area contributed by atoms with Crippen molar-refractivity contribution >= 4 is 11.5 Å². The number of hydrogen-bond acceptors (Lipinski definition) is 2. The zero-order valence-electron chi connectivity index (χ0n) is 23.7. The third-order valence-electron chi connectivity index (χ3n) is 8.78. The number of ketones is 1. The lowest BCUT2D eigenvalue weighted by atomic mass is 9.91. The highest BCUT2D eigenvalue weighted by atomic mass is 16.5. The van der Waals surface area contributed by atoms with Gasteiger partial charge in [0.25, 0.3) is 0 Å². The van der Waals surface area contributed by atoms with E-state index >= 15 is 0 Å². The molecule has 0 N–H and O–H groups in total.